The van der Waals surface area contributed by atoms with Gasteiger partial charge in [-0.3, -0.25) is 37.3 Å². The molecule has 0 saturated heterocycles. The third-order valence-electron chi connectivity index (χ3n) is 16.3. The molecule has 0 aliphatic rings. The number of allylic oxidation sites excluding steroid dienone is 14. The van der Waals surface area contributed by atoms with Crippen molar-refractivity contribution in [3.05, 3.63) is 85.1 Å². The second-order valence-corrected chi connectivity index (χ2v) is 28.8. The molecule has 19 heteroatoms. The predicted molar refractivity (Wildman–Crippen MR) is 399 cm³/mol. The van der Waals surface area contributed by atoms with Gasteiger partial charge in [-0.15, -0.1) is 0 Å². The van der Waals surface area contributed by atoms with Crippen LogP contribution in [-0.4, -0.2) is 96.7 Å². The van der Waals surface area contributed by atoms with Gasteiger partial charge in [0.25, 0.3) is 0 Å². The Morgan fingerprint density at radius 1 is 0.296 bits per heavy atom. The van der Waals surface area contributed by atoms with Crippen LogP contribution in [-0.2, 0) is 65.4 Å². The zero-order valence-corrected chi connectivity index (χ0v) is 63.7. The van der Waals surface area contributed by atoms with Gasteiger partial charge in [0.1, 0.15) is 19.3 Å². The van der Waals surface area contributed by atoms with Crippen LogP contribution in [0.1, 0.15) is 336 Å². The van der Waals surface area contributed by atoms with Crippen molar-refractivity contribution in [2.45, 2.75) is 354 Å². The average molecular weight is 1420 g/mol. The Kier molecular flexibility index (Phi) is 68.9. The molecular formula is C79H140O17P2. The lowest BCUT2D eigenvalue weighted by molar-refractivity contribution is -0.161. The van der Waals surface area contributed by atoms with Crippen LogP contribution in [0.15, 0.2) is 85.1 Å². The molecule has 0 aromatic carbocycles. The Balaban J connectivity index is 5.37. The number of carbonyl (C=O) groups is 4. The number of esters is 4. The van der Waals surface area contributed by atoms with Crippen molar-refractivity contribution in [1.82, 2.24) is 0 Å². The summed E-state index contributed by atoms with van der Waals surface area (Å²) in [6, 6.07) is 0. The van der Waals surface area contributed by atoms with Gasteiger partial charge in [0, 0.05) is 25.7 Å². The van der Waals surface area contributed by atoms with Crippen LogP contribution in [0.25, 0.3) is 0 Å². The van der Waals surface area contributed by atoms with E-state index >= 15 is 0 Å². The van der Waals surface area contributed by atoms with E-state index in [1.807, 2.05) is 0 Å². The van der Waals surface area contributed by atoms with Crippen molar-refractivity contribution < 1.29 is 80.2 Å². The van der Waals surface area contributed by atoms with E-state index in [4.69, 9.17) is 37.0 Å². The summed E-state index contributed by atoms with van der Waals surface area (Å²) >= 11 is 0. The van der Waals surface area contributed by atoms with E-state index in [2.05, 4.69) is 113 Å². The first-order chi connectivity index (χ1) is 47.7. The van der Waals surface area contributed by atoms with E-state index < -0.39 is 97.5 Å². The molecule has 17 nitrogen and oxygen atoms in total. The van der Waals surface area contributed by atoms with Gasteiger partial charge in [-0.1, -0.05) is 273 Å². The molecule has 0 aliphatic heterocycles. The topological polar surface area (TPSA) is 237 Å². The van der Waals surface area contributed by atoms with Gasteiger partial charge in [0.05, 0.1) is 26.4 Å². The molecule has 2 unspecified atom stereocenters. The van der Waals surface area contributed by atoms with Gasteiger partial charge in [-0.25, -0.2) is 9.13 Å². The zero-order valence-electron chi connectivity index (χ0n) is 62.0. The van der Waals surface area contributed by atoms with Crippen LogP contribution in [0.5, 0.6) is 0 Å². The van der Waals surface area contributed by atoms with Crippen LogP contribution in [0.2, 0.25) is 0 Å². The monoisotopic (exact) mass is 1420 g/mol. The van der Waals surface area contributed by atoms with Gasteiger partial charge >= 0.3 is 39.5 Å². The van der Waals surface area contributed by atoms with Crippen molar-refractivity contribution in [2.24, 2.45) is 0 Å². The minimum atomic E-state index is -4.98. The first kappa shape index (κ1) is 94.2. The SMILES string of the molecule is CC/C=C\C/C=C\C/C=C\C/C=C\C/C=C\CCCCCC(=O)O[C@H](COC(=O)CCCCCCC/C=C\CCCCCC)COP(=O)(O)OC[C@@H](O)COP(=O)(O)OC[C@@H](COC(=O)CCCCCCC/C=C\CCCCCC)OC(=O)CCCCCCCCCCCCCCC. The normalized spacial score (nSPS) is 14.4. The molecule has 0 bridgehead atoms. The number of hydrogen-bond donors (Lipinski definition) is 3. The molecule has 3 N–H and O–H groups in total. The second kappa shape index (κ2) is 71.6. The number of aliphatic hydroxyl groups is 1. The second-order valence-electron chi connectivity index (χ2n) is 25.9. The van der Waals surface area contributed by atoms with Gasteiger partial charge in [-0.05, 0) is 122 Å². The number of ether oxygens (including phenoxy) is 4. The average Bonchev–Trinajstić information content (AvgIpc) is 0.982. The summed E-state index contributed by atoms with van der Waals surface area (Å²) in [6.45, 7) is 4.71. The summed E-state index contributed by atoms with van der Waals surface area (Å²) in [5.41, 5.74) is 0. The van der Waals surface area contributed by atoms with Crippen LogP contribution in [0.4, 0.5) is 0 Å². The van der Waals surface area contributed by atoms with Crippen molar-refractivity contribution in [1.29, 1.82) is 0 Å². The Hall–Kier alpha value is -3.76. The highest BCUT2D eigenvalue weighted by molar-refractivity contribution is 7.47. The van der Waals surface area contributed by atoms with E-state index in [0.717, 1.165) is 154 Å². The summed E-state index contributed by atoms with van der Waals surface area (Å²) < 4.78 is 68.5. The fourth-order valence-electron chi connectivity index (χ4n) is 10.4. The summed E-state index contributed by atoms with van der Waals surface area (Å²) in [7, 11) is -9.95. The van der Waals surface area contributed by atoms with E-state index in [9.17, 15) is 43.2 Å². The molecule has 0 spiro atoms. The zero-order chi connectivity index (χ0) is 71.8. The summed E-state index contributed by atoms with van der Waals surface area (Å²) in [5, 5.41) is 10.6. The largest absolute Gasteiger partial charge is 0.472 e. The van der Waals surface area contributed by atoms with Gasteiger partial charge in [-0.2, -0.15) is 0 Å². The summed E-state index contributed by atoms with van der Waals surface area (Å²) in [6.07, 6.45) is 72.8. The molecule has 0 rings (SSSR count). The highest BCUT2D eigenvalue weighted by Gasteiger charge is 2.30. The predicted octanol–water partition coefficient (Wildman–Crippen LogP) is 22.2. The minimum Gasteiger partial charge on any atom is -0.462 e. The van der Waals surface area contributed by atoms with Crippen molar-refractivity contribution in [3.63, 3.8) is 0 Å². The smallest absolute Gasteiger partial charge is 0.462 e. The Morgan fingerprint density at radius 2 is 0.531 bits per heavy atom. The van der Waals surface area contributed by atoms with Crippen LogP contribution in [0.3, 0.4) is 0 Å². The lowest BCUT2D eigenvalue weighted by Crippen LogP contribution is -2.30. The van der Waals surface area contributed by atoms with Gasteiger partial charge in [0.15, 0.2) is 12.2 Å². The summed E-state index contributed by atoms with van der Waals surface area (Å²) in [5.74, 6) is -2.21. The molecule has 568 valence electrons. The maximum Gasteiger partial charge on any atom is 0.472 e. The Labute approximate surface area is 595 Å². The number of carbonyl (C=O) groups excluding carboxylic acids is 4. The van der Waals surface area contributed by atoms with E-state index in [-0.39, 0.29) is 25.7 Å². The fraction of sp³-hybridized carbons (Fsp3) is 0.772. The molecule has 0 aromatic rings. The van der Waals surface area contributed by atoms with Crippen LogP contribution < -0.4 is 0 Å². The number of hydrogen-bond acceptors (Lipinski definition) is 15. The molecule has 0 saturated carbocycles. The first-order valence-corrected chi connectivity index (χ1v) is 41.8. The Bertz CT molecular complexity index is 2190. The highest BCUT2D eigenvalue weighted by Crippen LogP contribution is 2.45. The van der Waals surface area contributed by atoms with Crippen LogP contribution >= 0.6 is 15.6 Å². The summed E-state index contributed by atoms with van der Waals surface area (Å²) in [4.78, 5) is 72.8. The maximum atomic E-state index is 13.1. The van der Waals surface area contributed by atoms with Crippen molar-refractivity contribution in [3.8, 4) is 0 Å². The molecular weight excluding hydrogens is 1280 g/mol. The molecule has 5 atom stereocenters. The third kappa shape index (κ3) is 70.7. The molecule has 98 heavy (non-hydrogen) atoms. The van der Waals surface area contributed by atoms with E-state index in [1.54, 1.807) is 0 Å². The highest BCUT2D eigenvalue weighted by atomic mass is 31.2. The lowest BCUT2D eigenvalue weighted by Gasteiger charge is -2.21. The number of rotatable bonds is 73. The van der Waals surface area contributed by atoms with E-state index in [0.29, 0.717) is 25.7 Å². The number of unbranched alkanes of at least 4 members (excludes halogenated alkanes) is 33. The van der Waals surface area contributed by atoms with Crippen molar-refractivity contribution in [2.75, 3.05) is 39.6 Å². The molecule has 0 radical (unpaired) electrons. The lowest BCUT2D eigenvalue weighted by atomic mass is 10.0. The quantitative estimate of drug-likeness (QED) is 0.0169. The number of phosphoric acid groups is 2. The van der Waals surface area contributed by atoms with Gasteiger partial charge < -0.3 is 33.8 Å². The first-order valence-electron chi connectivity index (χ1n) is 38.8. The Morgan fingerprint density at radius 3 is 0.847 bits per heavy atom. The minimum absolute atomic E-state index is 0.0553. The maximum absolute atomic E-state index is 13.1. The number of aliphatic hydroxyl groups excluding tert-OH is 1. The molecule has 0 aromatic heterocycles. The molecule has 0 fully saturated rings. The van der Waals surface area contributed by atoms with Crippen molar-refractivity contribution >= 4 is 39.5 Å². The fourth-order valence-corrected chi connectivity index (χ4v) is 12.0. The standard InChI is InChI=1S/C79H140O17P2/c1-5-9-13-17-21-25-29-33-34-35-36-37-38-42-46-50-54-58-62-66-79(84)96-75(70-90-77(82)64-60-56-52-48-44-40-31-27-23-19-15-11-7-3)72-94-98(87,88)92-68-73(80)67-91-97(85,86)93-71-74(95-78(83)65-61-57-53-49-45-41-32-28-24-20-16-12-8-4)69-89-76(81)63-59-55-51-47-43-39-30-26-22-18-14-10-6-2/h9,13,21,25-27,30-31,33-34,36-37,42,46,73-75,80H,5-8,10-12,14-20,22-24,28-29,32,35,38-41,43-45,47-72H2,1-4H3,(H,85,86)(H,87,88)/b13-9-,25-21-,30-26-,31-27-,34-33-,37-36-,46-42-/t73-,74+,75+/m0/s1. The number of phosphoric ester groups is 2. The molecule has 0 amide bonds. The molecule has 0 aliphatic carbocycles. The van der Waals surface area contributed by atoms with Crippen LogP contribution in [0, 0.1) is 0 Å². The molecule has 0 heterocycles. The third-order valence-corrected chi connectivity index (χ3v) is 18.2. The van der Waals surface area contributed by atoms with E-state index in [1.165, 1.54) is 103 Å². The van der Waals surface area contributed by atoms with Gasteiger partial charge in [0.2, 0.25) is 0 Å².